The van der Waals surface area contributed by atoms with Crippen LogP contribution in [0.15, 0.2) is 60.9 Å². The number of rotatable bonds is 4. The highest BCUT2D eigenvalue weighted by Gasteiger charge is 2.15. The van der Waals surface area contributed by atoms with E-state index in [1.165, 1.54) is 12.4 Å². The highest BCUT2D eigenvalue weighted by atomic mass is 35.5. The van der Waals surface area contributed by atoms with Crippen molar-refractivity contribution in [3.05, 3.63) is 71.5 Å². The molecule has 0 spiro atoms. The van der Waals surface area contributed by atoms with Crippen LogP contribution in [0.25, 0.3) is 11.4 Å². The SMILES string of the molecule is O=C(Nc1ccc(N2CCSCC2)c(Cl)c1)c1cnc(-c2ccccc2)nc1. The van der Waals surface area contributed by atoms with E-state index in [1.807, 2.05) is 54.2 Å². The maximum Gasteiger partial charge on any atom is 0.258 e. The molecular formula is C21H19ClN4OS. The van der Waals surface area contributed by atoms with Crippen LogP contribution in [0.5, 0.6) is 0 Å². The molecule has 1 N–H and O–H groups in total. The Labute approximate surface area is 173 Å². The van der Waals surface area contributed by atoms with E-state index < -0.39 is 0 Å². The molecule has 5 nitrogen and oxygen atoms in total. The van der Waals surface area contributed by atoms with Gasteiger partial charge in [-0.25, -0.2) is 9.97 Å². The van der Waals surface area contributed by atoms with E-state index >= 15 is 0 Å². The molecule has 142 valence electrons. The maximum absolute atomic E-state index is 12.5. The van der Waals surface area contributed by atoms with E-state index in [1.54, 1.807) is 6.07 Å². The van der Waals surface area contributed by atoms with Crippen molar-refractivity contribution < 1.29 is 4.79 Å². The summed E-state index contributed by atoms with van der Waals surface area (Å²) in [5, 5.41) is 3.50. The number of nitrogens with one attached hydrogen (secondary N) is 1. The number of anilines is 2. The first-order valence-electron chi connectivity index (χ1n) is 9.02. The number of carbonyl (C=O) groups excluding carboxylic acids is 1. The molecule has 0 bridgehead atoms. The minimum atomic E-state index is -0.266. The lowest BCUT2D eigenvalue weighted by molar-refractivity contribution is 0.102. The Hall–Kier alpha value is -2.57. The van der Waals surface area contributed by atoms with Gasteiger partial charge in [-0.2, -0.15) is 11.8 Å². The molecule has 1 aromatic heterocycles. The standard InChI is InChI=1S/C21H19ClN4OS/c22-18-12-17(6-7-19(18)26-8-10-28-11-9-26)25-21(27)16-13-23-20(24-14-16)15-4-2-1-3-5-15/h1-7,12-14H,8-11H2,(H,25,27). The van der Waals surface area contributed by atoms with E-state index in [-0.39, 0.29) is 5.91 Å². The Morgan fingerprint density at radius 1 is 1.04 bits per heavy atom. The summed E-state index contributed by atoms with van der Waals surface area (Å²) < 4.78 is 0. The minimum Gasteiger partial charge on any atom is -0.369 e. The van der Waals surface area contributed by atoms with E-state index in [9.17, 15) is 4.79 Å². The third kappa shape index (κ3) is 4.29. The summed E-state index contributed by atoms with van der Waals surface area (Å²) >= 11 is 8.41. The van der Waals surface area contributed by atoms with Gasteiger partial charge in [0.1, 0.15) is 0 Å². The number of nitrogens with zero attached hydrogens (tertiary/aromatic N) is 3. The van der Waals surface area contributed by atoms with Gasteiger partial charge < -0.3 is 10.2 Å². The van der Waals surface area contributed by atoms with Crippen molar-refractivity contribution in [3.63, 3.8) is 0 Å². The number of benzene rings is 2. The minimum absolute atomic E-state index is 0.266. The molecule has 0 radical (unpaired) electrons. The zero-order chi connectivity index (χ0) is 19.3. The van der Waals surface area contributed by atoms with Crippen LogP contribution in [0.3, 0.4) is 0 Å². The normalized spacial score (nSPS) is 14.0. The van der Waals surface area contributed by atoms with E-state index in [0.29, 0.717) is 22.1 Å². The first-order valence-corrected chi connectivity index (χ1v) is 10.5. The van der Waals surface area contributed by atoms with Crippen LogP contribution < -0.4 is 10.2 Å². The fourth-order valence-corrected chi connectivity index (χ4v) is 4.23. The fraction of sp³-hybridized carbons (Fsp3) is 0.190. The van der Waals surface area contributed by atoms with Crippen LogP contribution in [0, 0.1) is 0 Å². The van der Waals surface area contributed by atoms with Crippen molar-refractivity contribution in [3.8, 4) is 11.4 Å². The average molecular weight is 411 g/mol. The van der Waals surface area contributed by atoms with Crippen molar-refractivity contribution >= 4 is 40.6 Å². The van der Waals surface area contributed by atoms with Gasteiger partial charge in [0.15, 0.2) is 5.82 Å². The molecular weight excluding hydrogens is 392 g/mol. The summed E-state index contributed by atoms with van der Waals surface area (Å²) in [5.41, 5.74) is 2.97. The van der Waals surface area contributed by atoms with Gasteiger partial charge in [0.25, 0.3) is 5.91 Å². The molecule has 1 aliphatic heterocycles. The van der Waals surface area contributed by atoms with Gasteiger partial charge in [0.2, 0.25) is 0 Å². The van der Waals surface area contributed by atoms with E-state index in [4.69, 9.17) is 11.6 Å². The number of amides is 1. The van der Waals surface area contributed by atoms with Gasteiger partial charge in [-0.05, 0) is 18.2 Å². The second-order valence-corrected chi connectivity index (χ2v) is 8.01. The third-order valence-corrected chi connectivity index (χ3v) is 5.75. The molecule has 2 aromatic carbocycles. The Bertz CT molecular complexity index is 960. The molecule has 28 heavy (non-hydrogen) atoms. The maximum atomic E-state index is 12.5. The second kappa shape index (κ2) is 8.63. The van der Waals surface area contributed by atoms with Gasteiger partial charge in [-0.3, -0.25) is 4.79 Å². The molecule has 0 atom stereocenters. The molecule has 3 aromatic rings. The lowest BCUT2D eigenvalue weighted by Gasteiger charge is -2.29. The van der Waals surface area contributed by atoms with E-state index in [0.717, 1.165) is 35.8 Å². The number of aromatic nitrogens is 2. The predicted molar refractivity (Wildman–Crippen MR) is 116 cm³/mol. The molecule has 0 aliphatic carbocycles. The monoisotopic (exact) mass is 410 g/mol. The highest BCUT2D eigenvalue weighted by molar-refractivity contribution is 7.99. The van der Waals surface area contributed by atoms with Gasteiger partial charge in [0.05, 0.1) is 16.3 Å². The summed E-state index contributed by atoms with van der Waals surface area (Å²) in [6.07, 6.45) is 3.07. The zero-order valence-corrected chi connectivity index (χ0v) is 16.7. The van der Waals surface area contributed by atoms with Crippen LogP contribution in [0.4, 0.5) is 11.4 Å². The van der Waals surface area contributed by atoms with Crippen molar-refractivity contribution in [1.82, 2.24) is 9.97 Å². The first kappa shape index (κ1) is 18.8. The second-order valence-electron chi connectivity index (χ2n) is 6.38. The molecule has 0 saturated carbocycles. The Kier molecular flexibility index (Phi) is 5.78. The van der Waals surface area contributed by atoms with Crippen LogP contribution >= 0.6 is 23.4 Å². The van der Waals surface area contributed by atoms with Crippen LogP contribution in [-0.4, -0.2) is 40.5 Å². The number of thioether (sulfide) groups is 1. The number of halogens is 1. The van der Waals surface area contributed by atoms with Gasteiger partial charge in [-0.15, -0.1) is 0 Å². The molecule has 1 saturated heterocycles. The number of hydrogen-bond donors (Lipinski definition) is 1. The molecule has 4 rings (SSSR count). The Morgan fingerprint density at radius 2 is 1.75 bits per heavy atom. The Morgan fingerprint density at radius 3 is 2.43 bits per heavy atom. The van der Waals surface area contributed by atoms with Crippen LogP contribution in [0.1, 0.15) is 10.4 Å². The lowest BCUT2D eigenvalue weighted by atomic mass is 10.2. The molecule has 1 fully saturated rings. The Balaban J connectivity index is 1.45. The van der Waals surface area contributed by atoms with Crippen molar-refractivity contribution in [2.24, 2.45) is 0 Å². The largest absolute Gasteiger partial charge is 0.369 e. The summed E-state index contributed by atoms with van der Waals surface area (Å²) in [6.45, 7) is 1.97. The molecule has 1 amide bonds. The topological polar surface area (TPSA) is 58.1 Å². The van der Waals surface area contributed by atoms with Crippen LogP contribution in [0.2, 0.25) is 5.02 Å². The number of carbonyl (C=O) groups is 1. The summed E-state index contributed by atoms with van der Waals surface area (Å²) in [4.78, 5) is 23.4. The van der Waals surface area contributed by atoms with Crippen molar-refractivity contribution in [2.75, 3.05) is 34.8 Å². The summed E-state index contributed by atoms with van der Waals surface area (Å²) in [6, 6.07) is 15.3. The van der Waals surface area contributed by atoms with Crippen molar-refractivity contribution in [2.45, 2.75) is 0 Å². The predicted octanol–water partition coefficient (Wildman–Crippen LogP) is 4.60. The third-order valence-electron chi connectivity index (χ3n) is 4.50. The van der Waals surface area contributed by atoms with E-state index in [2.05, 4.69) is 20.2 Å². The van der Waals surface area contributed by atoms with Gasteiger partial charge >= 0.3 is 0 Å². The first-order chi connectivity index (χ1) is 13.7. The molecule has 2 heterocycles. The quantitative estimate of drug-likeness (QED) is 0.681. The summed E-state index contributed by atoms with van der Waals surface area (Å²) in [5.74, 6) is 2.53. The smallest absolute Gasteiger partial charge is 0.258 e. The molecule has 0 unspecified atom stereocenters. The number of hydrogen-bond acceptors (Lipinski definition) is 5. The van der Waals surface area contributed by atoms with Crippen molar-refractivity contribution in [1.29, 1.82) is 0 Å². The molecule has 1 aliphatic rings. The lowest BCUT2D eigenvalue weighted by Crippen LogP contribution is -2.32. The zero-order valence-electron chi connectivity index (χ0n) is 15.1. The van der Waals surface area contributed by atoms with Crippen LogP contribution in [-0.2, 0) is 0 Å². The molecule has 7 heteroatoms. The average Bonchev–Trinajstić information content (AvgIpc) is 2.75. The van der Waals surface area contributed by atoms with Gasteiger partial charge in [0, 0.05) is 48.2 Å². The fourth-order valence-electron chi connectivity index (χ4n) is 3.03. The summed E-state index contributed by atoms with van der Waals surface area (Å²) in [7, 11) is 0. The van der Waals surface area contributed by atoms with Gasteiger partial charge in [-0.1, -0.05) is 41.9 Å². The highest BCUT2D eigenvalue weighted by Crippen LogP contribution is 2.30.